The van der Waals surface area contributed by atoms with Gasteiger partial charge in [-0.2, -0.15) is 0 Å². The van der Waals surface area contributed by atoms with Crippen molar-refractivity contribution in [3.05, 3.63) is 35.4 Å². The third kappa shape index (κ3) is 2.61. The number of benzene rings is 1. The zero-order chi connectivity index (χ0) is 12.4. The van der Waals surface area contributed by atoms with Crippen LogP contribution in [0.15, 0.2) is 18.2 Å². The van der Waals surface area contributed by atoms with Crippen molar-refractivity contribution < 1.29 is 8.78 Å². The molecule has 2 nitrogen and oxygen atoms in total. The van der Waals surface area contributed by atoms with Gasteiger partial charge in [-0.25, -0.2) is 8.78 Å². The van der Waals surface area contributed by atoms with Crippen LogP contribution in [0.5, 0.6) is 0 Å². The summed E-state index contributed by atoms with van der Waals surface area (Å²) in [5.41, 5.74) is 6.21. The van der Waals surface area contributed by atoms with Gasteiger partial charge in [0.2, 0.25) is 0 Å². The number of halogens is 2. The lowest BCUT2D eigenvalue weighted by molar-refractivity contribution is 0.479. The summed E-state index contributed by atoms with van der Waals surface area (Å²) in [6, 6.07) is 4.08. The van der Waals surface area contributed by atoms with E-state index in [2.05, 4.69) is 5.32 Å². The Hall–Kier alpha value is -1.07. The fourth-order valence-electron chi connectivity index (χ4n) is 2.07. The van der Waals surface area contributed by atoms with Crippen molar-refractivity contribution >= 4 is 17.2 Å². The summed E-state index contributed by atoms with van der Waals surface area (Å²) in [5.74, 6) is -1.66. The molecule has 0 saturated carbocycles. The van der Waals surface area contributed by atoms with E-state index in [4.69, 9.17) is 18.0 Å². The SMILES string of the molecule is N[C@@H]1CC[C@@H](c2cccc(F)c2F)CNC1=S. The van der Waals surface area contributed by atoms with Crippen molar-refractivity contribution in [1.29, 1.82) is 0 Å². The molecule has 0 aliphatic carbocycles. The molecule has 1 aliphatic heterocycles. The smallest absolute Gasteiger partial charge is 0.162 e. The van der Waals surface area contributed by atoms with Crippen molar-refractivity contribution in [2.75, 3.05) is 6.54 Å². The fraction of sp³-hybridized carbons (Fsp3) is 0.417. The van der Waals surface area contributed by atoms with E-state index in [0.717, 1.165) is 6.07 Å². The van der Waals surface area contributed by atoms with E-state index < -0.39 is 11.6 Å². The minimum Gasteiger partial charge on any atom is -0.378 e. The lowest BCUT2D eigenvalue weighted by atomic mass is 9.93. The van der Waals surface area contributed by atoms with Crippen molar-refractivity contribution in [3.8, 4) is 0 Å². The van der Waals surface area contributed by atoms with Crippen LogP contribution in [0, 0.1) is 11.6 Å². The number of thiocarbonyl (C=S) groups is 1. The molecule has 1 heterocycles. The van der Waals surface area contributed by atoms with E-state index in [1.807, 2.05) is 0 Å². The Labute approximate surface area is 104 Å². The first-order valence-corrected chi connectivity index (χ1v) is 5.97. The first kappa shape index (κ1) is 12.4. The maximum absolute atomic E-state index is 13.6. The Morgan fingerprint density at radius 2 is 2.06 bits per heavy atom. The third-order valence-electron chi connectivity index (χ3n) is 3.11. The summed E-state index contributed by atoms with van der Waals surface area (Å²) >= 11 is 5.07. The molecule has 1 aliphatic rings. The molecule has 3 N–H and O–H groups in total. The highest BCUT2D eigenvalue weighted by atomic mass is 32.1. The van der Waals surface area contributed by atoms with Crippen molar-refractivity contribution in [1.82, 2.24) is 5.32 Å². The molecule has 0 unspecified atom stereocenters. The topological polar surface area (TPSA) is 38.0 Å². The lowest BCUT2D eigenvalue weighted by Gasteiger charge is -2.15. The quantitative estimate of drug-likeness (QED) is 0.756. The van der Waals surface area contributed by atoms with Crippen LogP contribution in [-0.4, -0.2) is 17.6 Å². The second-order valence-corrected chi connectivity index (χ2v) is 4.71. The van der Waals surface area contributed by atoms with Crippen LogP contribution in [0.2, 0.25) is 0 Å². The summed E-state index contributed by atoms with van der Waals surface area (Å²) in [7, 11) is 0. The molecule has 0 spiro atoms. The van der Waals surface area contributed by atoms with E-state index in [1.165, 1.54) is 6.07 Å². The first-order chi connectivity index (χ1) is 8.09. The Morgan fingerprint density at radius 1 is 1.29 bits per heavy atom. The molecular weight excluding hydrogens is 242 g/mol. The molecule has 1 saturated heterocycles. The van der Waals surface area contributed by atoms with E-state index in [9.17, 15) is 8.78 Å². The Bertz CT molecular complexity index is 437. The molecule has 2 atom stereocenters. The molecule has 1 aromatic rings. The second kappa shape index (κ2) is 5.06. The molecule has 0 radical (unpaired) electrons. The zero-order valence-electron chi connectivity index (χ0n) is 9.25. The predicted molar refractivity (Wildman–Crippen MR) is 66.9 cm³/mol. The Morgan fingerprint density at radius 3 is 2.82 bits per heavy atom. The maximum Gasteiger partial charge on any atom is 0.162 e. The van der Waals surface area contributed by atoms with Gasteiger partial charge in [-0.15, -0.1) is 0 Å². The minimum absolute atomic E-state index is 0.0859. The molecule has 0 bridgehead atoms. The summed E-state index contributed by atoms with van der Waals surface area (Å²) in [5, 5.41) is 3.01. The van der Waals surface area contributed by atoms with Crippen LogP contribution in [-0.2, 0) is 0 Å². The normalized spacial score (nSPS) is 25.2. The Kier molecular flexibility index (Phi) is 3.69. The summed E-state index contributed by atoms with van der Waals surface area (Å²) < 4.78 is 26.8. The van der Waals surface area contributed by atoms with Gasteiger partial charge >= 0.3 is 0 Å². The largest absolute Gasteiger partial charge is 0.378 e. The predicted octanol–water partition coefficient (Wildman–Crippen LogP) is 2.09. The van der Waals surface area contributed by atoms with Gasteiger partial charge in [0.05, 0.1) is 11.0 Å². The molecular formula is C12H14F2N2S. The molecule has 1 fully saturated rings. The second-order valence-electron chi connectivity index (χ2n) is 4.27. The summed E-state index contributed by atoms with van der Waals surface area (Å²) in [6.45, 7) is 0.507. The third-order valence-corrected chi connectivity index (χ3v) is 3.55. The van der Waals surface area contributed by atoms with Crippen LogP contribution in [0.25, 0.3) is 0 Å². The maximum atomic E-state index is 13.6. The lowest BCUT2D eigenvalue weighted by Crippen LogP contribution is -2.37. The van der Waals surface area contributed by atoms with Crippen LogP contribution in [0.3, 0.4) is 0 Å². The number of hydrogen-bond acceptors (Lipinski definition) is 2. The Balaban J connectivity index is 2.22. The van der Waals surface area contributed by atoms with Gasteiger partial charge < -0.3 is 11.1 Å². The van der Waals surface area contributed by atoms with E-state index in [1.54, 1.807) is 6.07 Å². The molecule has 5 heteroatoms. The molecule has 17 heavy (non-hydrogen) atoms. The monoisotopic (exact) mass is 256 g/mol. The van der Waals surface area contributed by atoms with Gasteiger partial charge in [-0.05, 0) is 24.5 Å². The fourth-order valence-corrected chi connectivity index (χ4v) is 2.27. The van der Waals surface area contributed by atoms with Gasteiger partial charge in [-0.3, -0.25) is 0 Å². The summed E-state index contributed by atoms with van der Waals surface area (Å²) in [6.07, 6.45) is 1.39. The average Bonchev–Trinajstić information content (AvgIpc) is 2.47. The van der Waals surface area contributed by atoms with Crippen molar-refractivity contribution in [2.45, 2.75) is 24.8 Å². The first-order valence-electron chi connectivity index (χ1n) is 5.57. The van der Waals surface area contributed by atoms with Crippen LogP contribution in [0.1, 0.15) is 24.3 Å². The highest BCUT2D eigenvalue weighted by Gasteiger charge is 2.23. The number of rotatable bonds is 1. The van der Waals surface area contributed by atoms with Crippen LogP contribution >= 0.6 is 12.2 Å². The van der Waals surface area contributed by atoms with Gasteiger partial charge in [0, 0.05) is 12.5 Å². The highest BCUT2D eigenvalue weighted by molar-refractivity contribution is 7.80. The van der Waals surface area contributed by atoms with E-state index in [-0.39, 0.29) is 12.0 Å². The molecule has 0 aromatic heterocycles. The van der Waals surface area contributed by atoms with Crippen LogP contribution < -0.4 is 11.1 Å². The number of nitrogens with two attached hydrogens (primary N) is 1. The van der Waals surface area contributed by atoms with Crippen molar-refractivity contribution in [3.63, 3.8) is 0 Å². The highest BCUT2D eigenvalue weighted by Crippen LogP contribution is 2.26. The van der Waals surface area contributed by atoms with Gasteiger partial charge in [-0.1, -0.05) is 24.4 Å². The molecule has 2 rings (SSSR count). The van der Waals surface area contributed by atoms with Gasteiger partial charge in [0.25, 0.3) is 0 Å². The van der Waals surface area contributed by atoms with E-state index >= 15 is 0 Å². The number of hydrogen-bond donors (Lipinski definition) is 2. The standard InChI is InChI=1S/C12H14F2N2S/c13-9-3-1-2-8(11(9)14)7-4-5-10(15)12(17)16-6-7/h1-3,7,10H,4-6,15H2,(H,16,17)/t7-,10-/m1/s1. The summed E-state index contributed by atoms with van der Waals surface area (Å²) in [4.78, 5) is 0.601. The zero-order valence-corrected chi connectivity index (χ0v) is 10.1. The number of nitrogens with one attached hydrogen (secondary N) is 1. The molecule has 0 amide bonds. The van der Waals surface area contributed by atoms with Gasteiger partial charge in [0.15, 0.2) is 11.6 Å². The molecule has 92 valence electrons. The van der Waals surface area contributed by atoms with E-state index in [0.29, 0.717) is 29.9 Å². The van der Waals surface area contributed by atoms with Crippen molar-refractivity contribution in [2.24, 2.45) is 5.73 Å². The van der Waals surface area contributed by atoms with Gasteiger partial charge in [0.1, 0.15) is 0 Å². The minimum atomic E-state index is -0.807. The van der Waals surface area contributed by atoms with Crippen LogP contribution in [0.4, 0.5) is 8.78 Å². The molecule has 1 aromatic carbocycles. The average molecular weight is 256 g/mol.